The van der Waals surface area contributed by atoms with Crippen molar-refractivity contribution in [2.75, 3.05) is 18.0 Å². The first kappa shape index (κ1) is 25.9. The number of hydrogen-bond donors (Lipinski definition) is 1. The molecule has 0 saturated carbocycles. The zero-order valence-electron chi connectivity index (χ0n) is 18.3. The van der Waals surface area contributed by atoms with E-state index in [1.54, 1.807) is 18.7 Å². The van der Waals surface area contributed by atoms with Crippen molar-refractivity contribution in [1.29, 1.82) is 0 Å². The van der Waals surface area contributed by atoms with Gasteiger partial charge in [-0.1, -0.05) is 22.5 Å². The maximum absolute atomic E-state index is 13.5. The number of sulfonamides is 1. The molecule has 0 aliphatic carbocycles. The molecule has 0 spiro atoms. The highest BCUT2D eigenvalue weighted by Gasteiger charge is 2.36. The average molecular weight is 563 g/mol. The molecule has 1 aliphatic rings. The quantitative estimate of drug-likeness (QED) is 0.549. The van der Waals surface area contributed by atoms with Crippen molar-refractivity contribution < 1.29 is 36.2 Å². The monoisotopic (exact) mass is 562 g/mol. The van der Waals surface area contributed by atoms with Crippen molar-refractivity contribution in [1.82, 2.24) is 4.31 Å². The molecule has 0 unspecified atom stereocenters. The van der Waals surface area contributed by atoms with Gasteiger partial charge in [0.05, 0.1) is 23.9 Å². The van der Waals surface area contributed by atoms with Crippen LogP contribution in [0.25, 0.3) is 0 Å². The highest BCUT2D eigenvalue weighted by Crippen LogP contribution is 2.33. The lowest BCUT2D eigenvalue weighted by atomic mass is 10.1. The van der Waals surface area contributed by atoms with Gasteiger partial charge in [0.2, 0.25) is 0 Å². The SMILES string of the molecule is C=C1CN(c2ccc(OC(F)(F)F)cc2)C[C@@H](C)N1S(=O)(=O)c1cc(C)c(Br)c(CC(=O)O)c1. The summed E-state index contributed by atoms with van der Waals surface area (Å²) in [6.07, 6.45) is -5.14. The smallest absolute Gasteiger partial charge is 0.481 e. The maximum atomic E-state index is 13.5. The molecule has 1 aliphatic heterocycles. The first-order valence-electron chi connectivity index (χ1n) is 10.0. The van der Waals surface area contributed by atoms with Crippen LogP contribution in [0.15, 0.2) is 58.0 Å². The van der Waals surface area contributed by atoms with Gasteiger partial charge < -0.3 is 14.7 Å². The first-order chi connectivity index (χ1) is 15.7. The van der Waals surface area contributed by atoms with Crippen LogP contribution in [0.2, 0.25) is 0 Å². The number of carboxylic acids is 1. The summed E-state index contributed by atoms with van der Waals surface area (Å²) in [4.78, 5) is 13.0. The number of halogens is 4. The van der Waals surface area contributed by atoms with Crippen molar-refractivity contribution in [3.8, 4) is 5.75 Å². The third-order valence-electron chi connectivity index (χ3n) is 5.21. The van der Waals surface area contributed by atoms with Crippen LogP contribution in [-0.4, -0.2) is 49.3 Å². The molecule has 184 valence electrons. The molecule has 1 atom stereocenters. The lowest BCUT2D eigenvalue weighted by molar-refractivity contribution is -0.274. The number of carbonyl (C=O) groups is 1. The van der Waals surface area contributed by atoms with Gasteiger partial charge in [-0.3, -0.25) is 9.10 Å². The van der Waals surface area contributed by atoms with E-state index in [1.165, 1.54) is 40.7 Å². The van der Waals surface area contributed by atoms with Gasteiger partial charge in [-0.2, -0.15) is 0 Å². The number of rotatable bonds is 6. The summed E-state index contributed by atoms with van der Waals surface area (Å²) in [5, 5.41) is 9.16. The number of aliphatic carboxylic acids is 1. The molecular weight excluding hydrogens is 541 g/mol. The highest BCUT2D eigenvalue weighted by atomic mass is 79.9. The molecule has 0 amide bonds. The van der Waals surface area contributed by atoms with E-state index in [0.717, 1.165) is 0 Å². The van der Waals surface area contributed by atoms with E-state index in [4.69, 9.17) is 5.11 Å². The van der Waals surface area contributed by atoms with Crippen molar-refractivity contribution in [2.24, 2.45) is 0 Å². The summed E-state index contributed by atoms with van der Waals surface area (Å²) >= 11 is 3.32. The number of nitrogens with zero attached hydrogens (tertiary/aromatic N) is 2. The Hall–Kier alpha value is -2.73. The predicted octanol–water partition coefficient (Wildman–Crippen LogP) is 4.70. The molecular formula is C22H22BrF3N2O5S. The minimum absolute atomic E-state index is 0.0421. The highest BCUT2D eigenvalue weighted by molar-refractivity contribution is 9.10. The topological polar surface area (TPSA) is 87.2 Å². The largest absolute Gasteiger partial charge is 0.573 e. The second-order valence-corrected chi connectivity index (χ2v) is 10.5. The van der Waals surface area contributed by atoms with E-state index in [-0.39, 0.29) is 35.9 Å². The minimum Gasteiger partial charge on any atom is -0.481 e. The zero-order chi connectivity index (χ0) is 25.4. The number of alkyl halides is 3. The van der Waals surface area contributed by atoms with Gasteiger partial charge >= 0.3 is 12.3 Å². The normalized spacial score (nSPS) is 17.1. The van der Waals surface area contributed by atoms with Crippen LogP contribution in [0, 0.1) is 6.92 Å². The Morgan fingerprint density at radius 2 is 1.88 bits per heavy atom. The fraction of sp³-hybridized carbons (Fsp3) is 0.318. The Morgan fingerprint density at radius 3 is 2.41 bits per heavy atom. The number of aryl methyl sites for hydroxylation is 1. The summed E-state index contributed by atoms with van der Waals surface area (Å²) in [6, 6.07) is 7.55. The van der Waals surface area contributed by atoms with Gasteiger partial charge in [-0.15, -0.1) is 13.2 Å². The molecule has 1 fully saturated rings. The molecule has 3 rings (SSSR count). The van der Waals surface area contributed by atoms with Crippen LogP contribution in [0.1, 0.15) is 18.1 Å². The maximum Gasteiger partial charge on any atom is 0.573 e. The second-order valence-electron chi connectivity index (χ2n) is 7.92. The molecule has 12 heteroatoms. The van der Waals surface area contributed by atoms with Crippen molar-refractivity contribution in [3.63, 3.8) is 0 Å². The Labute approximate surface area is 203 Å². The molecule has 0 aromatic heterocycles. The van der Waals surface area contributed by atoms with Crippen LogP contribution in [-0.2, 0) is 21.2 Å². The van der Waals surface area contributed by atoms with Crippen molar-refractivity contribution in [2.45, 2.75) is 37.6 Å². The first-order valence-corrected chi connectivity index (χ1v) is 12.3. The minimum atomic E-state index is -4.79. The Kier molecular flexibility index (Phi) is 7.23. The number of carboxylic acid groups (broad SMARTS) is 1. The zero-order valence-corrected chi connectivity index (χ0v) is 20.7. The van der Waals surface area contributed by atoms with E-state index < -0.39 is 28.4 Å². The predicted molar refractivity (Wildman–Crippen MR) is 123 cm³/mol. The van der Waals surface area contributed by atoms with E-state index in [2.05, 4.69) is 27.2 Å². The Balaban J connectivity index is 1.85. The van der Waals surface area contributed by atoms with Gasteiger partial charge in [0, 0.05) is 22.4 Å². The fourth-order valence-electron chi connectivity index (χ4n) is 3.88. The number of ether oxygens (including phenoxy) is 1. The van der Waals surface area contributed by atoms with Crippen LogP contribution < -0.4 is 9.64 Å². The van der Waals surface area contributed by atoms with Gasteiger partial charge in [0.1, 0.15) is 5.75 Å². The summed E-state index contributed by atoms with van der Waals surface area (Å²) in [5.41, 5.74) is 1.78. The number of hydrogen-bond acceptors (Lipinski definition) is 5. The molecule has 2 aromatic carbocycles. The van der Waals surface area contributed by atoms with E-state index in [1.807, 2.05) is 0 Å². The molecule has 0 radical (unpaired) electrons. The molecule has 1 N–H and O–H groups in total. The van der Waals surface area contributed by atoms with Crippen molar-refractivity contribution >= 4 is 37.6 Å². The summed E-state index contributed by atoms with van der Waals surface area (Å²) in [6.45, 7) is 7.68. The number of piperazine rings is 1. The lowest BCUT2D eigenvalue weighted by Gasteiger charge is -2.42. The van der Waals surface area contributed by atoms with Gasteiger partial charge in [0.25, 0.3) is 10.0 Å². The average Bonchev–Trinajstić information content (AvgIpc) is 2.69. The molecule has 2 aromatic rings. The molecule has 1 heterocycles. The van der Waals surface area contributed by atoms with E-state index in [0.29, 0.717) is 21.3 Å². The summed E-state index contributed by atoms with van der Waals surface area (Å²) in [5.74, 6) is -1.44. The van der Waals surface area contributed by atoms with Crippen LogP contribution >= 0.6 is 15.9 Å². The number of benzene rings is 2. The van der Waals surface area contributed by atoms with Crippen molar-refractivity contribution in [3.05, 3.63) is 64.3 Å². The summed E-state index contributed by atoms with van der Waals surface area (Å²) < 4.78 is 69.8. The molecule has 1 saturated heterocycles. The van der Waals surface area contributed by atoms with Gasteiger partial charge in [-0.05, 0) is 61.4 Å². The van der Waals surface area contributed by atoms with Gasteiger partial charge in [-0.25, -0.2) is 8.42 Å². The third kappa shape index (κ3) is 5.66. The number of anilines is 1. The van der Waals surface area contributed by atoms with Gasteiger partial charge in [0.15, 0.2) is 0 Å². The van der Waals surface area contributed by atoms with Crippen LogP contribution in [0.4, 0.5) is 18.9 Å². The standard InChI is InChI=1S/C22H22BrF3N2O5S/c1-13-8-19(9-16(21(13)23)10-20(29)30)34(31,32)28-14(2)11-27(12-15(28)3)17-4-6-18(7-5-17)33-22(24,25)26/h4-9,15H,2,10-12H2,1,3H3,(H,29,30)/t15-/m1/s1. The second kappa shape index (κ2) is 9.49. The summed E-state index contributed by atoms with van der Waals surface area (Å²) in [7, 11) is -4.04. The third-order valence-corrected chi connectivity index (χ3v) is 8.31. The molecule has 34 heavy (non-hydrogen) atoms. The molecule has 0 bridgehead atoms. The van der Waals surface area contributed by atoms with Crippen LogP contribution in [0.5, 0.6) is 5.75 Å². The lowest BCUT2D eigenvalue weighted by Crippen LogP contribution is -2.52. The fourth-order valence-corrected chi connectivity index (χ4v) is 6.03. The Morgan fingerprint density at radius 1 is 1.26 bits per heavy atom. The van der Waals surface area contributed by atoms with E-state index >= 15 is 0 Å². The Bertz CT molecular complexity index is 1220. The van der Waals surface area contributed by atoms with Crippen LogP contribution in [0.3, 0.4) is 0 Å². The van der Waals surface area contributed by atoms with E-state index in [9.17, 15) is 26.4 Å². The molecule has 7 nitrogen and oxygen atoms in total.